The van der Waals surface area contributed by atoms with Crippen molar-refractivity contribution in [2.75, 3.05) is 5.32 Å². The number of hydrogen-bond donors (Lipinski definition) is 3. The van der Waals surface area contributed by atoms with Crippen molar-refractivity contribution in [2.24, 2.45) is 5.92 Å². The number of anilines is 1. The molecule has 1 rings (SSSR count). The summed E-state index contributed by atoms with van der Waals surface area (Å²) in [5, 5.41) is 13.6. The molecule has 0 radical (unpaired) electrons. The summed E-state index contributed by atoms with van der Waals surface area (Å²) in [4.78, 5) is 22.4. The molecule has 18 heavy (non-hydrogen) atoms. The first-order valence-corrected chi connectivity index (χ1v) is 5.46. The van der Waals surface area contributed by atoms with E-state index in [1.807, 2.05) is 0 Å². The Hall–Kier alpha value is -2.11. The maximum Gasteiger partial charge on any atom is 0.326 e. The maximum absolute atomic E-state index is 12.9. The van der Waals surface area contributed by atoms with Gasteiger partial charge in [-0.3, -0.25) is 0 Å². The van der Waals surface area contributed by atoms with Gasteiger partial charge < -0.3 is 15.7 Å². The molecule has 3 N–H and O–H groups in total. The fourth-order valence-electron chi connectivity index (χ4n) is 1.39. The highest BCUT2D eigenvalue weighted by molar-refractivity contribution is 5.92. The van der Waals surface area contributed by atoms with Gasteiger partial charge in [-0.25, -0.2) is 14.0 Å². The number of rotatable bonds is 4. The van der Waals surface area contributed by atoms with Gasteiger partial charge in [-0.15, -0.1) is 0 Å². The van der Waals surface area contributed by atoms with Gasteiger partial charge in [-0.1, -0.05) is 19.9 Å². The Morgan fingerprint density at radius 2 is 2.00 bits per heavy atom. The van der Waals surface area contributed by atoms with Crippen LogP contribution in [-0.2, 0) is 4.79 Å². The van der Waals surface area contributed by atoms with E-state index < -0.39 is 23.9 Å². The lowest BCUT2D eigenvalue weighted by Crippen LogP contribution is -2.46. The smallest absolute Gasteiger partial charge is 0.326 e. The Morgan fingerprint density at radius 3 is 2.50 bits per heavy atom. The topological polar surface area (TPSA) is 78.4 Å². The molecule has 0 heterocycles. The highest BCUT2D eigenvalue weighted by Gasteiger charge is 2.23. The van der Waals surface area contributed by atoms with E-state index in [1.165, 1.54) is 18.2 Å². The van der Waals surface area contributed by atoms with E-state index in [0.29, 0.717) is 0 Å². The maximum atomic E-state index is 12.9. The second-order valence-electron chi connectivity index (χ2n) is 4.17. The third-order valence-electron chi connectivity index (χ3n) is 2.30. The van der Waals surface area contributed by atoms with Gasteiger partial charge in [0.1, 0.15) is 11.9 Å². The van der Waals surface area contributed by atoms with Gasteiger partial charge >= 0.3 is 12.0 Å². The van der Waals surface area contributed by atoms with Crippen molar-refractivity contribution in [3.8, 4) is 0 Å². The first kappa shape index (κ1) is 14.0. The molecule has 0 fully saturated rings. The van der Waals surface area contributed by atoms with E-state index >= 15 is 0 Å². The number of carboxylic acids is 1. The second kappa shape index (κ2) is 6.00. The molecular weight excluding hydrogens is 239 g/mol. The molecule has 1 atom stereocenters. The van der Waals surface area contributed by atoms with Crippen LogP contribution in [-0.4, -0.2) is 23.1 Å². The number of carbonyl (C=O) groups excluding carboxylic acids is 1. The van der Waals surface area contributed by atoms with E-state index in [9.17, 15) is 14.0 Å². The minimum absolute atomic E-state index is 0.249. The Morgan fingerprint density at radius 1 is 1.33 bits per heavy atom. The van der Waals surface area contributed by atoms with Gasteiger partial charge in [-0.05, 0) is 24.1 Å². The molecule has 0 saturated carbocycles. The molecule has 6 heteroatoms. The Labute approximate surface area is 104 Å². The normalized spacial score (nSPS) is 12.0. The van der Waals surface area contributed by atoms with Crippen molar-refractivity contribution in [2.45, 2.75) is 19.9 Å². The van der Waals surface area contributed by atoms with Crippen LogP contribution in [0.25, 0.3) is 0 Å². The molecule has 0 unspecified atom stereocenters. The predicted octanol–water partition coefficient (Wildman–Crippen LogP) is 2.06. The van der Waals surface area contributed by atoms with E-state index in [0.717, 1.165) is 6.07 Å². The average molecular weight is 254 g/mol. The highest BCUT2D eigenvalue weighted by Crippen LogP contribution is 2.09. The summed E-state index contributed by atoms with van der Waals surface area (Å²) in [6.45, 7) is 3.36. The van der Waals surface area contributed by atoms with Crippen molar-refractivity contribution >= 4 is 17.7 Å². The van der Waals surface area contributed by atoms with Crippen LogP contribution in [0.2, 0.25) is 0 Å². The van der Waals surface area contributed by atoms with Gasteiger partial charge in [0.05, 0.1) is 0 Å². The number of benzene rings is 1. The number of amides is 2. The molecule has 0 spiro atoms. The van der Waals surface area contributed by atoms with Gasteiger partial charge in [0, 0.05) is 5.69 Å². The third-order valence-corrected chi connectivity index (χ3v) is 2.30. The number of aliphatic carboxylic acids is 1. The van der Waals surface area contributed by atoms with Crippen LogP contribution in [0.15, 0.2) is 24.3 Å². The molecule has 5 nitrogen and oxygen atoms in total. The summed E-state index contributed by atoms with van der Waals surface area (Å²) < 4.78 is 12.9. The number of nitrogens with one attached hydrogen (secondary N) is 2. The van der Waals surface area contributed by atoms with Crippen molar-refractivity contribution in [3.63, 3.8) is 0 Å². The molecule has 0 aliphatic carbocycles. The molecule has 0 aromatic heterocycles. The van der Waals surface area contributed by atoms with Crippen molar-refractivity contribution < 1.29 is 19.1 Å². The summed E-state index contributed by atoms with van der Waals surface area (Å²) in [5.41, 5.74) is 0.264. The van der Waals surface area contributed by atoms with E-state index in [-0.39, 0.29) is 11.6 Å². The highest BCUT2D eigenvalue weighted by atomic mass is 19.1. The summed E-state index contributed by atoms with van der Waals surface area (Å²) in [5.74, 6) is -1.84. The molecule has 98 valence electrons. The van der Waals surface area contributed by atoms with Crippen LogP contribution < -0.4 is 10.6 Å². The summed E-state index contributed by atoms with van der Waals surface area (Å²) in [6, 6.07) is 3.68. The number of halogens is 1. The van der Waals surface area contributed by atoms with Crippen LogP contribution >= 0.6 is 0 Å². The summed E-state index contributed by atoms with van der Waals surface area (Å²) in [6.07, 6.45) is 0. The zero-order chi connectivity index (χ0) is 13.7. The van der Waals surface area contributed by atoms with Crippen LogP contribution in [0.3, 0.4) is 0 Å². The van der Waals surface area contributed by atoms with E-state index in [4.69, 9.17) is 5.11 Å². The van der Waals surface area contributed by atoms with Crippen LogP contribution in [0.1, 0.15) is 13.8 Å². The van der Waals surface area contributed by atoms with Crippen LogP contribution in [0, 0.1) is 11.7 Å². The predicted molar refractivity (Wildman–Crippen MR) is 64.8 cm³/mol. The Bertz CT molecular complexity index is 449. The SMILES string of the molecule is CC(C)[C@@H](NC(=O)Nc1cccc(F)c1)C(=O)O. The fraction of sp³-hybridized carbons (Fsp3) is 0.333. The molecule has 1 aromatic carbocycles. The van der Waals surface area contributed by atoms with Crippen LogP contribution in [0.4, 0.5) is 14.9 Å². The number of hydrogen-bond acceptors (Lipinski definition) is 2. The Balaban J connectivity index is 2.63. The van der Waals surface area contributed by atoms with Crippen molar-refractivity contribution in [1.82, 2.24) is 5.32 Å². The average Bonchev–Trinajstić information content (AvgIpc) is 2.25. The third kappa shape index (κ3) is 4.04. The summed E-state index contributed by atoms with van der Waals surface area (Å²) >= 11 is 0. The van der Waals surface area contributed by atoms with Gasteiger partial charge in [0.2, 0.25) is 0 Å². The quantitative estimate of drug-likeness (QED) is 0.769. The molecule has 0 aliphatic heterocycles. The molecule has 0 aliphatic rings. The zero-order valence-corrected chi connectivity index (χ0v) is 10.1. The van der Waals surface area contributed by atoms with Gasteiger partial charge in [0.25, 0.3) is 0 Å². The van der Waals surface area contributed by atoms with Gasteiger partial charge in [-0.2, -0.15) is 0 Å². The minimum Gasteiger partial charge on any atom is -0.480 e. The minimum atomic E-state index is -1.11. The lowest BCUT2D eigenvalue weighted by atomic mass is 10.1. The summed E-state index contributed by atoms with van der Waals surface area (Å²) in [7, 11) is 0. The van der Waals surface area contributed by atoms with Crippen molar-refractivity contribution in [1.29, 1.82) is 0 Å². The Kier molecular flexibility index (Phi) is 4.65. The monoisotopic (exact) mass is 254 g/mol. The first-order chi connectivity index (χ1) is 8.40. The number of carboxylic acid groups (broad SMARTS) is 1. The lowest BCUT2D eigenvalue weighted by molar-refractivity contribution is -0.140. The van der Waals surface area contributed by atoms with Crippen LogP contribution in [0.5, 0.6) is 0 Å². The lowest BCUT2D eigenvalue weighted by Gasteiger charge is -2.18. The molecule has 0 bridgehead atoms. The molecule has 0 saturated heterocycles. The zero-order valence-electron chi connectivity index (χ0n) is 10.1. The number of urea groups is 1. The van der Waals surface area contributed by atoms with Gasteiger partial charge in [0.15, 0.2) is 0 Å². The van der Waals surface area contributed by atoms with E-state index in [2.05, 4.69) is 10.6 Å². The van der Waals surface area contributed by atoms with E-state index in [1.54, 1.807) is 13.8 Å². The second-order valence-corrected chi connectivity index (χ2v) is 4.17. The standard InChI is InChI=1S/C12H15FN2O3/c1-7(2)10(11(16)17)15-12(18)14-9-5-3-4-8(13)6-9/h3-7,10H,1-2H3,(H,16,17)(H2,14,15,18)/t10-/m1/s1. The largest absolute Gasteiger partial charge is 0.480 e. The molecular formula is C12H15FN2O3. The molecule has 2 amide bonds. The first-order valence-electron chi connectivity index (χ1n) is 5.46. The fourth-order valence-corrected chi connectivity index (χ4v) is 1.39. The molecule has 1 aromatic rings. The number of carbonyl (C=O) groups is 2. The van der Waals surface area contributed by atoms with Crippen molar-refractivity contribution in [3.05, 3.63) is 30.1 Å².